The third kappa shape index (κ3) is 3.37. The number of carbonyl (C=O) groups excluding carboxylic acids is 1. The molecule has 0 spiro atoms. The van der Waals surface area contributed by atoms with Crippen molar-refractivity contribution in [3.63, 3.8) is 0 Å². The molecule has 3 fully saturated rings. The van der Waals surface area contributed by atoms with Gasteiger partial charge in [0.2, 0.25) is 0 Å². The maximum absolute atomic E-state index is 12.6. The van der Waals surface area contributed by atoms with Crippen molar-refractivity contribution in [2.24, 2.45) is 35.0 Å². The molecule has 0 N–H and O–H groups in total. The van der Waals surface area contributed by atoms with Crippen LogP contribution in [0.3, 0.4) is 0 Å². The van der Waals surface area contributed by atoms with Crippen LogP contribution in [0, 0.1) is 35.0 Å². The van der Waals surface area contributed by atoms with Crippen molar-refractivity contribution in [1.82, 2.24) is 0 Å². The first-order valence-corrected chi connectivity index (χ1v) is 9.75. The SMILES string of the molecule is CCC1OC(CC)C2C3CC(CC3C(=O)OCOCC(C)(C)C)C12. The number of rotatable bonds is 6. The van der Waals surface area contributed by atoms with Crippen molar-refractivity contribution in [3.8, 4) is 0 Å². The summed E-state index contributed by atoms with van der Waals surface area (Å²) in [7, 11) is 0. The van der Waals surface area contributed by atoms with Crippen LogP contribution in [-0.4, -0.2) is 31.6 Å². The molecule has 0 aromatic heterocycles. The van der Waals surface area contributed by atoms with Crippen LogP contribution < -0.4 is 0 Å². The van der Waals surface area contributed by atoms with Gasteiger partial charge < -0.3 is 14.2 Å². The van der Waals surface area contributed by atoms with Crippen molar-refractivity contribution in [3.05, 3.63) is 0 Å². The first-order chi connectivity index (χ1) is 11.4. The number of fused-ring (bicyclic) bond motifs is 5. The quantitative estimate of drug-likeness (QED) is 0.417. The van der Waals surface area contributed by atoms with E-state index < -0.39 is 0 Å². The molecule has 0 radical (unpaired) electrons. The first-order valence-electron chi connectivity index (χ1n) is 9.75. The van der Waals surface area contributed by atoms with Crippen molar-refractivity contribution >= 4 is 5.97 Å². The van der Waals surface area contributed by atoms with Crippen LogP contribution in [0.25, 0.3) is 0 Å². The fourth-order valence-corrected chi connectivity index (χ4v) is 5.49. The van der Waals surface area contributed by atoms with E-state index in [4.69, 9.17) is 14.2 Å². The molecule has 2 aliphatic carbocycles. The number of carbonyl (C=O) groups is 1. The van der Waals surface area contributed by atoms with Crippen LogP contribution in [-0.2, 0) is 19.0 Å². The molecule has 1 saturated heterocycles. The number of esters is 1. The Bertz CT molecular complexity index is 455. The summed E-state index contributed by atoms with van der Waals surface area (Å²) in [6, 6.07) is 0. The Labute approximate surface area is 146 Å². The minimum atomic E-state index is -0.0512. The fourth-order valence-electron chi connectivity index (χ4n) is 5.49. The van der Waals surface area contributed by atoms with E-state index in [1.54, 1.807) is 0 Å². The number of hydrogen-bond donors (Lipinski definition) is 0. The highest BCUT2D eigenvalue weighted by atomic mass is 16.7. The molecule has 3 aliphatic rings. The standard InChI is InChI=1S/C20H34O4/c1-6-15-17-12-8-13(18(17)16(7-2)24-15)14(9-12)19(21)23-11-22-10-20(3,4)5/h12-18H,6-11H2,1-5H3. The van der Waals surface area contributed by atoms with Gasteiger partial charge in [-0.05, 0) is 54.8 Å². The van der Waals surface area contributed by atoms with Crippen LogP contribution in [0.15, 0.2) is 0 Å². The third-order valence-corrected chi connectivity index (χ3v) is 6.27. The fraction of sp³-hybridized carbons (Fsp3) is 0.950. The number of hydrogen-bond acceptors (Lipinski definition) is 4. The lowest BCUT2D eigenvalue weighted by molar-refractivity contribution is -0.166. The zero-order valence-corrected chi connectivity index (χ0v) is 15.9. The van der Waals surface area contributed by atoms with Gasteiger partial charge in [0, 0.05) is 0 Å². The molecule has 1 aliphatic heterocycles. The molecule has 2 bridgehead atoms. The molecule has 138 valence electrons. The Morgan fingerprint density at radius 2 is 1.75 bits per heavy atom. The van der Waals surface area contributed by atoms with Crippen molar-refractivity contribution < 1.29 is 19.0 Å². The van der Waals surface area contributed by atoms with Gasteiger partial charge in [0.15, 0.2) is 6.79 Å². The van der Waals surface area contributed by atoms with Crippen molar-refractivity contribution in [2.45, 2.75) is 72.5 Å². The predicted octanol–water partition coefficient (Wildman–Crippen LogP) is 4.03. The minimum absolute atomic E-state index is 0.0512. The lowest BCUT2D eigenvalue weighted by Crippen LogP contribution is -2.36. The van der Waals surface area contributed by atoms with E-state index in [0.717, 1.165) is 19.3 Å². The smallest absolute Gasteiger partial charge is 0.311 e. The molecule has 2 saturated carbocycles. The van der Waals surface area contributed by atoms with E-state index in [0.29, 0.717) is 42.5 Å². The summed E-state index contributed by atoms with van der Waals surface area (Å²) in [4.78, 5) is 12.6. The molecular formula is C20H34O4. The summed E-state index contributed by atoms with van der Waals surface area (Å²) in [6.07, 6.45) is 5.06. The summed E-state index contributed by atoms with van der Waals surface area (Å²) in [5, 5.41) is 0. The summed E-state index contributed by atoms with van der Waals surface area (Å²) in [5.74, 6) is 2.34. The summed E-state index contributed by atoms with van der Waals surface area (Å²) >= 11 is 0. The van der Waals surface area contributed by atoms with Gasteiger partial charge in [-0.3, -0.25) is 4.79 Å². The van der Waals surface area contributed by atoms with E-state index in [9.17, 15) is 4.79 Å². The van der Waals surface area contributed by atoms with Crippen molar-refractivity contribution in [1.29, 1.82) is 0 Å². The maximum Gasteiger partial charge on any atom is 0.311 e. The zero-order chi connectivity index (χ0) is 17.5. The Morgan fingerprint density at radius 1 is 1.08 bits per heavy atom. The highest BCUT2D eigenvalue weighted by Gasteiger charge is 2.62. The van der Waals surface area contributed by atoms with E-state index >= 15 is 0 Å². The van der Waals surface area contributed by atoms with Crippen LogP contribution >= 0.6 is 0 Å². The topological polar surface area (TPSA) is 44.8 Å². The Kier molecular flexibility index (Phi) is 5.27. The minimum Gasteiger partial charge on any atom is -0.438 e. The summed E-state index contributed by atoms with van der Waals surface area (Å²) in [6.45, 7) is 11.5. The molecule has 4 heteroatoms. The van der Waals surface area contributed by atoms with E-state index in [1.807, 2.05) is 0 Å². The van der Waals surface area contributed by atoms with Gasteiger partial charge >= 0.3 is 5.97 Å². The molecule has 0 aromatic carbocycles. The number of ether oxygens (including phenoxy) is 3. The van der Waals surface area contributed by atoms with Crippen LogP contribution in [0.5, 0.6) is 0 Å². The molecule has 7 unspecified atom stereocenters. The second kappa shape index (κ2) is 6.95. The van der Waals surface area contributed by atoms with Gasteiger partial charge in [-0.25, -0.2) is 0 Å². The van der Waals surface area contributed by atoms with Crippen LogP contribution in [0.1, 0.15) is 60.3 Å². The molecule has 1 heterocycles. The molecule has 4 nitrogen and oxygen atoms in total. The lowest BCUT2D eigenvalue weighted by Gasteiger charge is -2.32. The first kappa shape index (κ1) is 18.2. The molecule has 3 rings (SSSR count). The second-order valence-electron chi connectivity index (χ2n) is 9.18. The van der Waals surface area contributed by atoms with Crippen LogP contribution in [0.2, 0.25) is 0 Å². The lowest BCUT2D eigenvalue weighted by atomic mass is 9.70. The van der Waals surface area contributed by atoms with Gasteiger partial charge in [0.25, 0.3) is 0 Å². The maximum atomic E-state index is 12.6. The second-order valence-corrected chi connectivity index (χ2v) is 9.18. The highest BCUT2D eigenvalue weighted by Crippen LogP contribution is 2.62. The molecule has 7 atom stereocenters. The van der Waals surface area contributed by atoms with Gasteiger partial charge in [0.05, 0.1) is 24.7 Å². The van der Waals surface area contributed by atoms with Crippen molar-refractivity contribution in [2.75, 3.05) is 13.4 Å². The Morgan fingerprint density at radius 3 is 2.38 bits per heavy atom. The Balaban J connectivity index is 1.55. The molecular weight excluding hydrogens is 304 g/mol. The summed E-state index contributed by atoms with van der Waals surface area (Å²) < 4.78 is 17.2. The van der Waals surface area contributed by atoms with E-state index in [2.05, 4.69) is 34.6 Å². The largest absolute Gasteiger partial charge is 0.438 e. The van der Waals surface area contributed by atoms with Gasteiger partial charge in [-0.15, -0.1) is 0 Å². The van der Waals surface area contributed by atoms with Gasteiger partial charge in [-0.1, -0.05) is 34.6 Å². The average Bonchev–Trinajstić information content (AvgIpc) is 3.19. The van der Waals surface area contributed by atoms with Gasteiger partial charge in [-0.2, -0.15) is 0 Å². The van der Waals surface area contributed by atoms with Crippen LogP contribution in [0.4, 0.5) is 0 Å². The summed E-state index contributed by atoms with van der Waals surface area (Å²) in [5.41, 5.74) is 0.0940. The van der Waals surface area contributed by atoms with E-state index in [1.165, 1.54) is 6.42 Å². The molecule has 24 heavy (non-hydrogen) atoms. The normalized spacial score (nSPS) is 40.8. The zero-order valence-electron chi connectivity index (χ0n) is 15.9. The monoisotopic (exact) mass is 338 g/mol. The molecule has 0 amide bonds. The highest BCUT2D eigenvalue weighted by molar-refractivity contribution is 5.73. The molecule has 0 aromatic rings. The predicted molar refractivity (Wildman–Crippen MR) is 92.3 cm³/mol. The van der Waals surface area contributed by atoms with E-state index in [-0.39, 0.29) is 24.1 Å². The Hall–Kier alpha value is -0.610. The third-order valence-electron chi connectivity index (χ3n) is 6.27. The average molecular weight is 338 g/mol. The van der Waals surface area contributed by atoms with Gasteiger partial charge in [0.1, 0.15) is 0 Å².